The zero-order valence-corrected chi connectivity index (χ0v) is 14.4. The van der Waals surface area contributed by atoms with E-state index < -0.39 is 11.6 Å². The maximum atomic E-state index is 14.6. The second kappa shape index (κ2) is 7.42. The van der Waals surface area contributed by atoms with Crippen molar-refractivity contribution in [2.75, 3.05) is 39.4 Å². The Hall–Kier alpha value is -0.760. The first-order valence-electron chi connectivity index (χ1n) is 7.98. The number of phenols is 1. The van der Waals surface area contributed by atoms with Gasteiger partial charge in [0.15, 0.2) is 11.6 Å². The van der Waals surface area contributed by atoms with Crippen molar-refractivity contribution in [3.63, 3.8) is 0 Å². The highest BCUT2D eigenvalue weighted by Gasteiger charge is 2.36. The van der Waals surface area contributed by atoms with Crippen LogP contribution in [0.3, 0.4) is 0 Å². The fourth-order valence-corrected chi connectivity index (χ4v) is 4.00. The summed E-state index contributed by atoms with van der Waals surface area (Å²) in [6, 6.07) is 0.639. The van der Waals surface area contributed by atoms with Gasteiger partial charge < -0.3 is 15.2 Å². The highest BCUT2D eigenvalue weighted by atomic mass is 79.9. The van der Waals surface area contributed by atoms with Crippen LogP contribution in [0.5, 0.6) is 5.75 Å². The van der Waals surface area contributed by atoms with Crippen molar-refractivity contribution in [3.8, 4) is 5.75 Å². The highest BCUT2D eigenvalue weighted by Crippen LogP contribution is 2.43. The summed E-state index contributed by atoms with van der Waals surface area (Å²) in [4.78, 5) is 2.15. The normalized spacial score (nSPS) is 22.2. The van der Waals surface area contributed by atoms with E-state index in [0.29, 0.717) is 13.2 Å². The molecule has 2 heterocycles. The molecule has 0 spiro atoms. The minimum absolute atomic E-state index is 0.0747. The fraction of sp³-hybridized carbons (Fsp3) is 0.625. The standard InChI is InChI=1S/C16H21BrF2N2O2/c17-11-9-12(18)14(19)13(16(11)22)15(10-1-7-23-8-2-10)21-5-3-20-4-6-21/h9-10,15,20,22H,1-8H2/t15-/m0/s1. The van der Waals surface area contributed by atoms with Crippen LogP contribution in [-0.2, 0) is 4.74 Å². The van der Waals surface area contributed by atoms with E-state index in [-0.39, 0.29) is 27.7 Å². The van der Waals surface area contributed by atoms with Gasteiger partial charge in [0, 0.05) is 45.4 Å². The number of ether oxygens (including phenoxy) is 1. The van der Waals surface area contributed by atoms with E-state index in [1.54, 1.807) is 0 Å². The van der Waals surface area contributed by atoms with E-state index in [2.05, 4.69) is 26.1 Å². The molecule has 1 aromatic carbocycles. The average Bonchev–Trinajstić information content (AvgIpc) is 2.58. The number of nitrogens with one attached hydrogen (secondary N) is 1. The Labute approximate surface area is 142 Å². The van der Waals surface area contributed by atoms with Crippen LogP contribution in [0.2, 0.25) is 0 Å². The van der Waals surface area contributed by atoms with E-state index in [1.165, 1.54) is 0 Å². The second-order valence-electron chi connectivity index (χ2n) is 6.10. The minimum atomic E-state index is -0.944. The van der Waals surface area contributed by atoms with Gasteiger partial charge in [0.25, 0.3) is 0 Å². The number of phenolic OH excluding ortho intramolecular Hbond substituents is 1. The van der Waals surface area contributed by atoms with Crippen molar-refractivity contribution in [1.29, 1.82) is 0 Å². The van der Waals surface area contributed by atoms with Gasteiger partial charge in [-0.3, -0.25) is 4.90 Å². The smallest absolute Gasteiger partial charge is 0.167 e. The number of hydrogen-bond acceptors (Lipinski definition) is 4. The third kappa shape index (κ3) is 3.52. The molecule has 2 N–H and O–H groups in total. The molecule has 2 aliphatic rings. The van der Waals surface area contributed by atoms with Gasteiger partial charge in [0.2, 0.25) is 0 Å². The van der Waals surface area contributed by atoms with E-state index in [4.69, 9.17) is 4.74 Å². The second-order valence-corrected chi connectivity index (χ2v) is 6.95. The summed E-state index contributed by atoms with van der Waals surface area (Å²) >= 11 is 3.14. The van der Waals surface area contributed by atoms with Crippen LogP contribution in [0.4, 0.5) is 8.78 Å². The molecule has 1 atom stereocenters. The predicted molar refractivity (Wildman–Crippen MR) is 86.4 cm³/mol. The number of benzene rings is 1. The highest BCUT2D eigenvalue weighted by molar-refractivity contribution is 9.10. The molecule has 128 valence electrons. The summed E-state index contributed by atoms with van der Waals surface area (Å²) in [7, 11) is 0. The summed E-state index contributed by atoms with van der Waals surface area (Å²) < 4.78 is 34.1. The van der Waals surface area contributed by atoms with Crippen molar-refractivity contribution >= 4 is 15.9 Å². The van der Waals surface area contributed by atoms with Gasteiger partial charge in [-0.25, -0.2) is 8.78 Å². The van der Waals surface area contributed by atoms with Crippen molar-refractivity contribution in [2.24, 2.45) is 5.92 Å². The van der Waals surface area contributed by atoms with Crippen LogP contribution >= 0.6 is 15.9 Å². The topological polar surface area (TPSA) is 44.7 Å². The molecule has 7 heteroatoms. The number of piperazine rings is 1. The molecule has 0 aliphatic carbocycles. The Morgan fingerprint density at radius 3 is 2.57 bits per heavy atom. The Morgan fingerprint density at radius 2 is 1.91 bits per heavy atom. The van der Waals surface area contributed by atoms with Gasteiger partial charge in [-0.1, -0.05) is 0 Å². The quantitative estimate of drug-likeness (QED) is 0.778. The molecule has 23 heavy (non-hydrogen) atoms. The van der Waals surface area contributed by atoms with Crippen LogP contribution in [0, 0.1) is 17.6 Å². The zero-order chi connectivity index (χ0) is 16.4. The van der Waals surface area contributed by atoms with Crippen molar-refractivity contribution < 1.29 is 18.6 Å². The maximum absolute atomic E-state index is 14.6. The molecule has 0 unspecified atom stereocenters. The summed E-state index contributed by atoms with van der Waals surface area (Å²) in [6.45, 7) is 4.33. The molecular weight excluding hydrogens is 370 g/mol. The molecule has 0 bridgehead atoms. The van der Waals surface area contributed by atoms with Crippen molar-refractivity contribution in [3.05, 3.63) is 27.7 Å². The van der Waals surface area contributed by atoms with Gasteiger partial charge in [0.1, 0.15) is 5.75 Å². The van der Waals surface area contributed by atoms with Gasteiger partial charge in [0.05, 0.1) is 10.0 Å². The SMILES string of the molecule is Oc1c(Br)cc(F)c(F)c1[C@H](C1CCOCC1)N1CCNCC1. The van der Waals surface area contributed by atoms with E-state index in [0.717, 1.165) is 45.1 Å². The fourth-order valence-electron chi connectivity index (χ4n) is 3.58. The maximum Gasteiger partial charge on any atom is 0.167 e. The Balaban J connectivity index is 2.03. The zero-order valence-electron chi connectivity index (χ0n) is 12.8. The van der Waals surface area contributed by atoms with Crippen molar-refractivity contribution in [2.45, 2.75) is 18.9 Å². The van der Waals surface area contributed by atoms with Crippen LogP contribution < -0.4 is 5.32 Å². The molecule has 0 amide bonds. The molecule has 1 aromatic rings. The first-order valence-corrected chi connectivity index (χ1v) is 8.77. The first-order chi connectivity index (χ1) is 11.1. The number of nitrogens with zero attached hydrogens (tertiary/aromatic N) is 1. The third-order valence-corrected chi connectivity index (χ3v) is 5.34. The Morgan fingerprint density at radius 1 is 1.26 bits per heavy atom. The third-order valence-electron chi connectivity index (χ3n) is 4.73. The summed E-state index contributed by atoms with van der Waals surface area (Å²) in [6.07, 6.45) is 1.56. The largest absolute Gasteiger partial charge is 0.506 e. The van der Waals surface area contributed by atoms with Crippen LogP contribution in [-0.4, -0.2) is 49.4 Å². The summed E-state index contributed by atoms with van der Waals surface area (Å²) in [5, 5.41) is 13.7. The van der Waals surface area contributed by atoms with Crippen LogP contribution in [0.25, 0.3) is 0 Å². The van der Waals surface area contributed by atoms with Crippen molar-refractivity contribution in [1.82, 2.24) is 10.2 Å². The Bertz CT molecular complexity index is 517. The van der Waals surface area contributed by atoms with Crippen LogP contribution in [0.1, 0.15) is 24.4 Å². The van der Waals surface area contributed by atoms with E-state index in [9.17, 15) is 13.9 Å². The summed E-state index contributed by atoms with van der Waals surface area (Å²) in [5.74, 6) is -1.94. The number of rotatable bonds is 3. The molecule has 0 saturated carbocycles. The molecule has 4 nitrogen and oxygen atoms in total. The monoisotopic (exact) mass is 390 g/mol. The minimum Gasteiger partial charge on any atom is -0.506 e. The Kier molecular flexibility index (Phi) is 5.51. The van der Waals surface area contributed by atoms with E-state index >= 15 is 0 Å². The lowest BCUT2D eigenvalue weighted by atomic mass is 9.84. The summed E-state index contributed by atoms with van der Waals surface area (Å²) in [5.41, 5.74) is 0.0747. The van der Waals surface area contributed by atoms with Gasteiger partial charge in [-0.15, -0.1) is 0 Å². The first kappa shape index (κ1) is 17.1. The lowest BCUT2D eigenvalue weighted by Gasteiger charge is -2.41. The van der Waals surface area contributed by atoms with Gasteiger partial charge in [-0.05, 0) is 40.8 Å². The molecule has 3 rings (SSSR count). The number of halogens is 3. The molecular formula is C16H21BrF2N2O2. The molecule has 2 fully saturated rings. The van der Waals surface area contributed by atoms with E-state index in [1.807, 2.05) is 0 Å². The predicted octanol–water partition coefficient (Wildman–Crippen LogP) is 2.81. The van der Waals surface area contributed by atoms with Gasteiger partial charge in [-0.2, -0.15) is 0 Å². The molecule has 2 aliphatic heterocycles. The molecule has 2 saturated heterocycles. The van der Waals surface area contributed by atoms with Gasteiger partial charge >= 0.3 is 0 Å². The average molecular weight is 391 g/mol. The number of hydrogen-bond donors (Lipinski definition) is 2. The number of aromatic hydroxyl groups is 1. The van der Waals surface area contributed by atoms with Crippen LogP contribution in [0.15, 0.2) is 10.5 Å². The lowest BCUT2D eigenvalue weighted by molar-refractivity contribution is 0.0193. The lowest BCUT2D eigenvalue weighted by Crippen LogP contribution is -2.47. The molecule has 0 radical (unpaired) electrons. The molecule has 0 aromatic heterocycles.